The number of rotatable bonds is 6. The molecule has 0 radical (unpaired) electrons. The highest BCUT2D eigenvalue weighted by atomic mass is 79.9. The smallest absolute Gasteiger partial charge is 0.240 e. The third-order valence-corrected chi connectivity index (χ3v) is 5.33. The van der Waals surface area contributed by atoms with Crippen molar-refractivity contribution in [1.82, 2.24) is 14.9 Å². The summed E-state index contributed by atoms with van der Waals surface area (Å²) in [5.41, 5.74) is 6.96. The summed E-state index contributed by atoms with van der Waals surface area (Å²) < 4.78 is 32.8. The molecule has 0 fully saturated rings. The summed E-state index contributed by atoms with van der Waals surface area (Å²) in [4.78, 5) is 4.04. The highest BCUT2D eigenvalue weighted by Gasteiger charge is 2.19. The maximum absolute atomic E-state index is 12.4. The molecule has 2 aromatic rings. The molecule has 0 amide bonds. The van der Waals surface area contributed by atoms with E-state index in [0.717, 1.165) is 5.56 Å². The minimum Gasteiger partial charge on any atom is -0.340 e. The van der Waals surface area contributed by atoms with Crippen molar-refractivity contribution in [3.8, 4) is 0 Å². The first kappa shape index (κ1) is 16.1. The SMILES string of the molecule is Cc1c(Br)cc(CN)cc1S(=O)(=O)NCCc1ncno1. The molecule has 0 atom stereocenters. The van der Waals surface area contributed by atoms with E-state index >= 15 is 0 Å². The van der Waals surface area contributed by atoms with Gasteiger partial charge in [-0.1, -0.05) is 21.1 Å². The monoisotopic (exact) mass is 374 g/mol. The van der Waals surface area contributed by atoms with E-state index in [4.69, 9.17) is 10.3 Å². The predicted octanol–water partition coefficient (Wildman–Crippen LogP) is 1.12. The van der Waals surface area contributed by atoms with Gasteiger partial charge in [0.1, 0.15) is 0 Å². The highest BCUT2D eigenvalue weighted by Crippen LogP contribution is 2.25. The van der Waals surface area contributed by atoms with Crippen LogP contribution in [0.4, 0.5) is 0 Å². The van der Waals surface area contributed by atoms with Gasteiger partial charge in [0.2, 0.25) is 15.9 Å². The molecule has 1 aromatic heterocycles. The maximum atomic E-state index is 12.4. The van der Waals surface area contributed by atoms with Gasteiger partial charge in [0, 0.05) is 24.0 Å². The second-order valence-corrected chi connectivity index (χ2v) is 6.98. The fourth-order valence-electron chi connectivity index (χ4n) is 1.78. The molecule has 0 spiro atoms. The molecule has 0 unspecified atom stereocenters. The number of sulfonamides is 1. The van der Waals surface area contributed by atoms with Crippen molar-refractivity contribution in [1.29, 1.82) is 0 Å². The van der Waals surface area contributed by atoms with Crippen LogP contribution in [-0.2, 0) is 23.0 Å². The summed E-state index contributed by atoms with van der Waals surface area (Å²) in [7, 11) is -3.62. The second-order valence-electron chi connectivity index (χ2n) is 4.39. The van der Waals surface area contributed by atoms with Gasteiger partial charge in [-0.15, -0.1) is 0 Å². The largest absolute Gasteiger partial charge is 0.340 e. The van der Waals surface area contributed by atoms with Crippen molar-refractivity contribution in [3.63, 3.8) is 0 Å². The Balaban J connectivity index is 2.17. The zero-order valence-corrected chi connectivity index (χ0v) is 13.7. The highest BCUT2D eigenvalue weighted by molar-refractivity contribution is 9.10. The summed E-state index contributed by atoms with van der Waals surface area (Å²) >= 11 is 3.35. The second kappa shape index (κ2) is 6.65. The average Bonchev–Trinajstić information content (AvgIpc) is 2.94. The molecule has 1 aromatic carbocycles. The van der Waals surface area contributed by atoms with Gasteiger partial charge in [-0.2, -0.15) is 4.98 Å². The number of benzene rings is 1. The van der Waals surface area contributed by atoms with Crippen LogP contribution < -0.4 is 10.5 Å². The fourth-order valence-corrected chi connectivity index (χ4v) is 3.76. The molecule has 0 aliphatic rings. The lowest BCUT2D eigenvalue weighted by Crippen LogP contribution is -2.27. The van der Waals surface area contributed by atoms with Gasteiger partial charge in [-0.05, 0) is 30.2 Å². The van der Waals surface area contributed by atoms with Crippen molar-refractivity contribution in [2.45, 2.75) is 24.8 Å². The molecule has 0 saturated heterocycles. The Kier molecular flexibility index (Phi) is 5.09. The topological polar surface area (TPSA) is 111 Å². The van der Waals surface area contributed by atoms with Crippen LogP contribution in [0.15, 0.2) is 32.4 Å². The summed E-state index contributed by atoms with van der Waals surface area (Å²) in [6, 6.07) is 3.39. The van der Waals surface area contributed by atoms with E-state index in [0.29, 0.717) is 22.3 Å². The first-order chi connectivity index (χ1) is 9.94. The summed E-state index contributed by atoms with van der Waals surface area (Å²) in [6.07, 6.45) is 1.60. The van der Waals surface area contributed by atoms with Crippen molar-refractivity contribution < 1.29 is 12.9 Å². The Morgan fingerprint density at radius 2 is 2.19 bits per heavy atom. The quantitative estimate of drug-likeness (QED) is 0.783. The number of hydrogen-bond acceptors (Lipinski definition) is 6. The van der Waals surface area contributed by atoms with E-state index in [2.05, 4.69) is 30.8 Å². The molecule has 114 valence electrons. The molecule has 3 N–H and O–H groups in total. The van der Waals surface area contributed by atoms with E-state index in [1.54, 1.807) is 13.0 Å². The van der Waals surface area contributed by atoms with Crippen LogP contribution >= 0.6 is 15.9 Å². The van der Waals surface area contributed by atoms with Crippen LogP contribution in [0, 0.1) is 6.92 Å². The van der Waals surface area contributed by atoms with Crippen LogP contribution in [0.1, 0.15) is 17.0 Å². The number of nitrogens with one attached hydrogen (secondary N) is 1. The molecule has 9 heteroatoms. The van der Waals surface area contributed by atoms with Gasteiger partial charge in [-0.3, -0.25) is 0 Å². The fraction of sp³-hybridized carbons (Fsp3) is 0.333. The molecule has 0 saturated carbocycles. The lowest BCUT2D eigenvalue weighted by atomic mass is 10.1. The van der Waals surface area contributed by atoms with Gasteiger partial charge in [0.15, 0.2) is 6.33 Å². The molecule has 21 heavy (non-hydrogen) atoms. The van der Waals surface area contributed by atoms with Crippen molar-refractivity contribution in [2.75, 3.05) is 6.54 Å². The molecular formula is C12H15BrN4O3S. The van der Waals surface area contributed by atoms with Crippen LogP contribution in [0.3, 0.4) is 0 Å². The third-order valence-electron chi connectivity index (χ3n) is 2.92. The van der Waals surface area contributed by atoms with Gasteiger partial charge in [0.05, 0.1) is 4.90 Å². The van der Waals surface area contributed by atoms with Crippen molar-refractivity contribution >= 4 is 26.0 Å². The van der Waals surface area contributed by atoms with E-state index in [-0.39, 0.29) is 18.0 Å². The first-order valence-corrected chi connectivity index (χ1v) is 8.46. The zero-order chi connectivity index (χ0) is 15.5. The Morgan fingerprint density at radius 3 is 2.81 bits per heavy atom. The molecule has 2 rings (SSSR count). The van der Waals surface area contributed by atoms with Gasteiger partial charge < -0.3 is 10.3 Å². The van der Waals surface area contributed by atoms with Gasteiger partial charge in [0.25, 0.3) is 0 Å². The summed E-state index contributed by atoms with van der Waals surface area (Å²) in [5.74, 6) is 0.381. The summed E-state index contributed by atoms with van der Waals surface area (Å²) in [6.45, 7) is 2.18. The molecule has 0 aliphatic heterocycles. The predicted molar refractivity (Wildman–Crippen MR) is 80.0 cm³/mol. The van der Waals surface area contributed by atoms with E-state index < -0.39 is 10.0 Å². The standard InChI is InChI=1S/C12H15BrN4O3S/c1-8-10(13)4-9(6-14)5-11(8)21(18,19)17-3-2-12-15-7-16-20-12/h4-5,7,17H,2-3,6,14H2,1H3. The van der Waals surface area contributed by atoms with Crippen LogP contribution in [0.25, 0.3) is 0 Å². The van der Waals surface area contributed by atoms with E-state index in [9.17, 15) is 8.42 Å². The maximum Gasteiger partial charge on any atom is 0.240 e. The van der Waals surface area contributed by atoms with Crippen LogP contribution in [0.2, 0.25) is 0 Å². The Morgan fingerprint density at radius 1 is 1.43 bits per heavy atom. The number of hydrogen-bond donors (Lipinski definition) is 2. The number of aromatic nitrogens is 2. The number of nitrogens with two attached hydrogens (primary N) is 1. The minimum atomic E-state index is -3.62. The molecule has 1 heterocycles. The lowest BCUT2D eigenvalue weighted by molar-refractivity contribution is 0.377. The van der Waals surface area contributed by atoms with E-state index in [1.807, 2.05) is 6.07 Å². The van der Waals surface area contributed by atoms with Crippen molar-refractivity contribution in [2.24, 2.45) is 5.73 Å². The van der Waals surface area contributed by atoms with E-state index in [1.165, 1.54) is 6.33 Å². The summed E-state index contributed by atoms with van der Waals surface area (Å²) in [5, 5.41) is 3.46. The Hall–Kier alpha value is -1.29. The molecule has 7 nitrogen and oxygen atoms in total. The molecule has 0 bridgehead atoms. The number of halogens is 1. The minimum absolute atomic E-state index is 0.175. The zero-order valence-electron chi connectivity index (χ0n) is 11.3. The lowest BCUT2D eigenvalue weighted by Gasteiger charge is -2.12. The van der Waals surface area contributed by atoms with Crippen LogP contribution in [-0.4, -0.2) is 25.1 Å². The Bertz CT molecular complexity index is 716. The van der Waals surface area contributed by atoms with Gasteiger partial charge >= 0.3 is 0 Å². The third kappa shape index (κ3) is 3.88. The molecule has 0 aliphatic carbocycles. The Labute approximate surface area is 131 Å². The molecular weight excluding hydrogens is 360 g/mol. The van der Waals surface area contributed by atoms with Crippen molar-refractivity contribution in [3.05, 3.63) is 40.0 Å². The normalized spacial score (nSPS) is 11.8. The average molecular weight is 375 g/mol. The number of nitrogens with zero attached hydrogens (tertiary/aromatic N) is 2. The first-order valence-electron chi connectivity index (χ1n) is 6.18. The van der Waals surface area contributed by atoms with Crippen LogP contribution in [0.5, 0.6) is 0 Å². The van der Waals surface area contributed by atoms with Gasteiger partial charge in [-0.25, -0.2) is 13.1 Å².